The second-order valence-corrected chi connectivity index (χ2v) is 5.37. The molecule has 21 heavy (non-hydrogen) atoms. The molecule has 1 aliphatic carbocycles. The molecule has 116 valence electrons. The van der Waals surface area contributed by atoms with Crippen molar-refractivity contribution in [3.8, 4) is 0 Å². The molecule has 0 N–H and O–H groups in total. The van der Waals surface area contributed by atoms with Crippen molar-refractivity contribution in [2.45, 2.75) is 32.0 Å². The fourth-order valence-electron chi connectivity index (χ4n) is 2.30. The summed E-state index contributed by atoms with van der Waals surface area (Å²) in [4.78, 5) is 13.0. The molecule has 0 heterocycles. The van der Waals surface area contributed by atoms with E-state index in [-0.39, 0.29) is 18.4 Å². The van der Waals surface area contributed by atoms with E-state index in [1.54, 1.807) is 0 Å². The van der Waals surface area contributed by atoms with Crippen LogP contribution in [0.25, 0.3) is 0 Å². The van der Waals surface area contributed by atoms with Crippen molar-refractivity contribution >= 4 is 5.91 Å². The number of hydrogen-bond donors (Lipinski definition) is 0. The number of carbonyl (C=O) groups is 1. The highest BCUT2D eigenvalue weighted by Crippen LogP contribution is 2.59. The van der Waals surface area contributed by atoms with Crippen molar-refractivity contribution < 1.29 is 26.7 Å². The molecule has 0 unspecified atom stereocenters. The van der Waals surface area contributed by atoms with E-state index in [0.717, 1.165) is 17.0 Å². The lowest BCUT2D eigenvalue weighted by molar-refractivity contribution is -0.198. The average molecular weight is 307 g/mol. The van der Waals surface area contributed by atoms with Crippen molar-refractivity contribution in [3.05, 3.63) is 35.4 Å². The van der Waals surface area contributed by atoms with Crippen molar-refractivity contribution in [2.24, 2.45) is 5.41 Å². The summed E-state index contributed by atoms with van der Waals surface area (Å²) >= 11 is 0. The van der Waals surface area contributed by atoms with Crippen LogP contribution in [0.2, 0.25) is 0 Å². The number of carbonyl (C=O) groups excluding carboxylic acids is 1. The zero-order chi connectivity index (χ0) is 16.0. The van der Waals surface area contributed by atoms with Gasteiger partial charge in [-0.05, 0) is 37.5 Å². The molecule has 1 fully saturated rings. The Morgan fingerprint density at radius 2 is 1.67 bits per heavy atom. The number of rotatable bonds is 3. The molecule has 1 atom stereocenters. The number of benzene rings is 1. The van der Waals surface area contributed by atoms with Gasteiger partial charge in [0.05, 0.1) is 6.04 Å². The normalized spacial score (nSPS) is 18.2. The van der Waals surface area contributed by atoms with Crippen LogP contribution in [0.4, 0.5) is 22.0 Å². The molecule has 7 heteroatoms. The average Bonchev–Trinajstić information content (AvgIpc) is 3.15. The first-order valence-electron chi connectivity index (χ1n) is 6.38. The van der Waals surface area contributed by atoms with Gasteiger partial charge in [-0.1, -0.05) is 0 Å². The van der Waals surface area contributed by atoms with E-state index < -0.39 is 35.2 Å². The molecule has 0 radical (unpaired) electrons. The number of halogens is 5. The van der Waals surface area contributed by atoms with E-state index in [0.29, 0.717) is 6.07 Å². The topological polar surface area (TPSA) is 20.3 Å². The monoisotopic (exact) mass is 307 g/mol. The van der Waals surface area contributed by atoms with Crippen LogP contribution in [-0.2, 0) is 4.79 Å². The maximum Gasteiger partial charge on any atom is 0.403 e. The highest BCUT2D eigenvalue weighted by molar-refractivity contribution is 5.86. The summed E-state index contributed by atoms with van der Waals surface area (Å²) in [6.45, 7) is 1.43. The van der Waals surface area contributed by atoms with Gasteiger partial charge in [0.2, 0.25) is 5.91 Å². The minimum absolute atomic E-state index is 0.112. The van der Waals surface area contributed by atoms with E-state index in [4.69, 9.17) is 0 Å². The van der Waals surface area contributed by atoms with E-state index in [9.17, 15) is 26.7 Å². The molecule has 0 aliphatic heterocycles. The molecule has 1 aromatic rings. The molecule has 0 aromatic heterocycles. The highest BCUT2D eigenvalue weighted by Gasteiger charge is 2.69. The van der Waals surface area contributed by atoms with E-state index in [1.165, 1.54) is 14.0 Å². The van der Waals surface area contributed by atoms with Crippen LogP contribution in [0.1, 0.15) is 31.4 Å². The lowest BCUT2D eigenvalue weighted by Crippen LogP contribution is -2.43. The molecule has 1 amide bonds. The Balaban J connectivity index is 2.23. The summed E-state index contributed by atoms with van der Waals surface area (Å²) in [5, 5.41) is 0. The summed E-state index contributed by atoms with van der Waals surface area (Å²) < 4.78 is 65.1. The van der Waals surface area contributed by atoms with Gasteiger partial charge in [-0.3, -0.25) is 4.79 Å². The first-order chi connectivity index (χ1) is 9.58. The molecule has 0 saturated heterocycles. The number of hydrogen-bond acceptors (Lipinski definition) is 1. The van der Waals surface area contributed by atoms with Crippen molar-refractivity contribution in [2.75, 3.05) is 7.05 Å². The van der Waals surface area contributed by atoms with Crippen LogP contribution >= 0.6 is 0 Å². The molecule has 1 aliphatic rings. The Morgan fingerprint density at radius 1 is 1.19 bits per heavy atom. The van der Waals surface area contributed by atoms with Gasteiger partial charge in [0.15, 0.2) is 0 Å². The van der Waals surface area contributed by atoms with Crippen LogP contribution in [0.3, 0.4) is 0 Å². The fourth-order valence-corrected chi connectivity index (χ4v) is 2.30. The van der Waals surface area contributed by atoms with Crippen LogP contribution < -0.4 is 0 Å². The van der Waals surface area contributed by atoms with Crippen molar-refractivity contribution in [1.82, 2.24) is 4.90 Å². The standard InChI is InChI=1S/C14H14F5NO/c1-8(9-5-10(15)7-11(16)6-9)20(2)12(21)13(3-4-13)14(17,18)19/h5-8H,3-4H2,1-2H3/t8-/m1/s1. The SMILES string of the molecule is C[C@H](c1cc(F)cc(F)c1)N(C)C(=O)C1(C(F)(F)F)CC1. The van der Waals surface area contributed by atoms with E-state index in [1.807, 2.05) is 0 Å². The van der Waals surface area contributed by atoms with Gasteiger partial charge in [-0.15, -0.1) is 0 Å². The summed E-state index contributed by atoms with van der Waals surface area (Å²) in [5.41, 5.74) is -2.22. The third kappa shape index (κ3) is 2.73. The molecule has 0 spiro atoms. The quantitative estimate of drug-likeness (QED) is 0.777. The number of nitrogens with zero attached hydrogens (tertiary/aromatic N) is 1. The third-order valence-electron chi connectivity index (χ3n) is 3.97. The summed E-state index contributed by atoms with van der Waals surface area (Å²) in [6.07, 6.45) is -5.10. The summed E-state index contributed by atoms with van der Waals surface area (Å²) in [6, 6.07) is 1.81. The van der Waals surface area contributed by atoms with Crippen molar-refractivity contribution in [3.63, 3.8) is 0 Å². The second kappa shape index (κ2) is 4.96. The Kier molecular flexibility index (Phi) is 3.71. The smallest absolute Gasteiger partial charge is 0.338 e. The Labute approximate surface area is 118 Å². The van der Waals surface area contributed by atoms with E-state index >= 15 is 0 Å². The molecule has 1 aromatic carbocycles. The number of alkyl halides is 3. The van der Waals surface area contributed by atoms with Gasteiger partial charge in [-0.2, -0.15) is 13.2 Å². The minimum atomic E-state index is -4.61. The zero-order valence-electron chi connectivity index (χ0n) is 11.5. The predicted octanol–water partition coefficient (Wildman–Crippen LogP) is 3.83. The third-order valence-corrected chi connectivity index (χ3v) is 3.97. The van der Waals surface area contributed by atoms with Crippen LogP contribution in [0.5, 0.6) is 0 Å². The maximum atomic E-state index is 13.2. The van der Waals surface area contributed by atoms with Gasteiger partial charge in [0, 0.05) is 13.1 Å². The lowest BCUT2D eigenvalue weighted by atomic mass is 10.0. The van der Waals surface area contributed by atoms with Crippen molar-refractivity contribution in [1.29, 1.82) is 0 Å². The maximum absolute atomic E-state index is 13.2. The van der Waals surface area contributed by atoms with Gasteiger partial charge in [0.1, 0.15) is 17.0 Å². The first-order valence-corrected chi connectivity index (χ1v) is 6.38. The van der Waals surface area contributed by atoms with Gasteiger partial charge in [0.25, 0.3) is 0 Å². The lowest BCUT2D eigenvalue weighted by Gasteiger charge is -2.30. The largest absolute Gasteiger partial charge is 0.403 e. The molecule has 2 rings (SSSR count). The molecular weight excluding hydrogens is 293 g/mol. The summed E-state index contributed by atoms with van der Waals surface area (Å²) in [5.74, 6) is -2.74. The van der Waals surface area contributed by atoms with E-state index in [2.05, 4.69) is 0 Å². The molecule has 2 nitrogen and oxygen atoms in total. The van der Waals surface area contributed by atoms with Crippen LogP contribution in [0.15, 0.2) is 18.2 Å². The fraction of sp³-hybridized carbons (Fsp3) is 0.500. The van der Waals surface area contributed by atoms with Crippen LogP contribution in [0, 0.1) is 17.0 Å². The highest BCUT2D eigenvalue weighted by atomic mass is 19.4. The molecule has 0 bridgehead atoms. The van der Waals surface area contributed by atoms with Gasteiger partial charge < -0.3 is 4.90 Å². The zero-order valence-corrected chi connectivity index (χ0v) is 11.5. The Morgan fingerprint density at radius 3 is 2.05 bits per heavy atom. The minimum Gasteiger partial charge on any atom is -0.338 e. The van der Waals surface area contributed by atoms with Crippen LogP contribution in [-0.4, -0.2) is 24.0 Å². The predicted molar refractivity (Wildman–Crippen MR) is 65.3 cm³/mol. The molecular formula is C14H14F5NO. The number of amides is 1. The Hall–Kier alpha value is -1.66. The van der Waals surface area contributed by atoms with Gasteiger partial charge in [-0.25, -0.2) is 8.78 Å². The van der Waals surface area contributed by atoms with Gasteiger partial charge >= 0.3 is 6.18 Å². The first kappa shape index (κ1) is 15.7. The molecule has 1 saturated carbocycles. The Bertz CT molecular complexity index is 545. The summed E-state index contributed by atoms with van der Waals surface area (Å²) in [7, 11) is 1.21. The second-order valence-electron chi connectivity index (χ2n) is 5.37.